The van der Waals surface area contributed by atoms with Crippen molar-refractivity contribution in [2.24, 2.45) is 0 Å². The van der Waals surface area contributed by atoms with Gasteiger partial charge in [0.15, 0.2) is 5.78 Å². The van der Waals surface area contributed by atoms with Gasteiger partial charge in [-0.1, -0.05) is 74.5 Å². The minimum Gasteiger partial charge on any atom is -0.298 e. The van der Waals surface area contributed by atoms with Crippen LogP contribution >= 0.6 is 0 Å². The Bertz CT molecular complexity index is 884. The van der Waals surface area contributed by atoms with E-state index in [0.29, 0.717) is 6.42 Å². The maximum absolute atomic E-state index is 12.5. The first-order valence-corrected chi connectivity index (χ1v) is 9.61. The number of benzene rings is 3. The van der Waals surface area contributed by atoms with Crippen molar-refractivity contribution in [2.75, 3.05) is 13.1 Å². The molecule has 26 heavy (non-hydrogen) atoms. The molecule has 1 aliphatic rings. The van der Waals surface area contributed by atoms with Gasteiger partial charge in [0.05, 0.1) is 0 Å². The Labute approximate surface area is 156 Å². The van der Waals surface area contributed by atoms with E-state index in [1.165, 1.54) is 16.5 Å². The zero-order valence-corrected chi connectivity index (χ0v) is 15.7. The van der Waals surface area contributed by atoms with Crippen LogP contribution in [0.5, 0.6) is 0 Å². The fourth-order valence-electron chi connectivity index (χ4n) is 3.51. The fourth-order valence-corrected chi connectivity index (χ4v) is 3.51. The molecule has 0 N–H and O–H groups in total. The van der Waals surface area contributed by atoms with Crippen LogP contribution in [0.25, 0.3) is 10.8 Å². The summed E-state index contributed by atoms with van der Waals surface area (Å²) in [6.07, 6.45) is 1.67. The highest BCUT2D eigenvalue weighted by Crippen LogP contribution is 2.20. The summed E-state index contributed by atoms with van der Waals surface area (Å²) in [6, 6.07) is 22.8. The first kappa shape index (κ1) is 18.3. The molecule has 0 saturated carbocycles. The number of carbonyl (C=O) groups is 1. The zero-order valence-electron chi connectivity index (χ0n) is 15.7. The average molecular weight is 345 g/mol. The summed E-state index contributed by atoms with van der Waals surface area (Å²) in [5.74, 6) is 0.236. The normalized spacial score (nSPS) is 13.6. The number of nitrogens with zero attached hydrogens (tertiary/aromatic N) is 1. The van der Waals surface area contributed by atoms with E-state index in [-0.39, 0.29) is 5.78 Å². The summed E-state index contributed by atoms with van der Waals surface area (Å²) in [7, 11) is 0. The summed E-state index contributed by atoms with van der Waals surface area (Å²) in [4.78, 5) is 14.9. The fraction of sp³-hybridized carbons (Fsp3) is 0.292. The molecular formula is C24H27NO. The van der Waals surface area contributed by atoms with Gasteiger partial charge in [0.25, 0.3) is 0 Å². The molecule has 0 amide bonds. The van der Waals surface area contributed by atoms with E-state index in [2.05, 4.69) is 41.3 Å². The molecule has 3 aromatic carbocycles. The van der Waals surface area contributed by atoms with Gasteiger partial charge < -0.3 is 0 Å². The molecule has 0 aromatic heterocycles. The highest BCUT2D eigenvalue weighted by atomic mass is 16.1. The van der Waals surface area contributed by atoms with Crippen molar-refractivity contribution in [3.63, 3.8) is 0 Å². The van der Waals surface area contributed by atoms with E-state index >= 15 is 0 Å². The van der Waals surface area contributed by atoms with Gasteiger partial charge in [-0.15, -0.1) is 0 Å². The zero-order chi connectivity index (χ0) is 18.4. The Morgan fingerprint density at radius 3 is 2.38 bits per heavy atom. The number of Topliss-reactive ketones (excluding diaryl/α,β-unsaturated/α-hetero) is 1. The number of rotatable bonds is 4. The third-order valence-electron chi connectivity index (χ3n) is 4.94. The lowest BCUT2D eigenvalue weighted by atomic mass is 9.99. The van der Waals surface area contributed by atoms with Crippen LogP contribution in [-0.2, 0) is 13.0 Å². The Kier molecular flexibility index (Phi) is 6.19. The molecule has 1 aliphatic heterocycles. The number of hydrogen-bond donors (Lipinski definition) is 0. The first-order chi connectivity index (χ1) is 12.8. The standard InChI is InChI=1S/C22H21NO.C2H6/c24-22(20-10-9-17-5-1-3-7-19(17)15-20)12-14-23-13-11-18-6-2-4-8-21(18)16-23;1-2/h1-10,15H,11-14,16H2;1-2H3. The molecule has 0 unspecified atom stereocenters. The van der Waals surface area contributed by atoms with Crippen molar-refractivity contribution >= 4 is 16.6 Å². The summed E-state index contributed by atoms with van der Waals surface area (Å²) in [6.45, 7) is 6.84. The Balaban J connectivity index is 0.000000948. The van der Waals surface area contributed by atoms with E-state index in [4.69, 9.17) is 0 Å². The van der Waals surface area contributed by atoms with E-state index in [1.54, 1.807) is 0 Å². The number of ketones is 1. The van der Waals surface area contributed by atoms with Crippen LogP contribution < -0.4 is 0 Å². The summed E-state index contributed by atoms with van der Waals surface area (Å²) >= 11 is 0. The van der Waals surface area contributed by atoms with Gasteiger partial charge in [-0.2, -0.15) is 0 Å². The molecule has 4 rings (SSSR count). The molecule has 1 heterocycles. The summed E-state index contributed by atoms with van der Waals surface area (Å²) in [5, 5.41) is 2.32. The van der Waals surface area contributed by atoms with E-state index in [9.17, 15) is 4.79 Å². The van der Waals surface area contributed by atoms with Gasteiger partial charge in [0.1, 0.15) is 0 Å². The van der Waals surface area contributed by atoms with Crippen LogP contribution in [0, 0.1) is 0 Å². The van der Waals surface area contributed by atoms with Crippen molar-refractivity contribution in [3.8, 4) is 0 Å². The van der Waals surface area contributed by atoms with Crippen molar-refractivity contribution in [1.29, 1.82) is 0 Å². The molecule has 0 fully saturated rings. The summed E-state index contributed by atoms with van der Waals surface area (Å²) < 4.78 is 0. The van der Waals surface area contributed by atoms with Gasteiger partial charge in [0, 0.05) is 31.6 Å². The smallest absolute Gasteiger partial charge is 0.164 e. The van der Waals surface area contributed by atoms with Crippen LogP contribution in [0.15, 0.2) is 66.7 Å². The third kappa shape index (κ3) is 4.20. The number of hydrogen-bond acceptors (Lipinski definition) is 2. The van der Waals surface area contributed by atoms with Crippen LogP contribution in [0.3, 0.4) is 0 Å². The third-order valence-corrected chi connectivity index (χ3v) is 4.94. The first-order valence-electron chi connectivity index (χ1n) is 9.61. The Morgan fingerprint density at radius 1 is 0.885 bits per heavy atom. The van der Waals surface area contributed by atoms with Crippen LogP contribution in [0.2, 0.25) is 0 Å². The molecule has 134 valence electrons. The van der Waals surface area contributed by atoms with Gasteiger partial charge >= 0.3 is 0 Å². The maximum Gasteiger partial charge on any atom is 0.164 e. The molecule has 2 nitrogen and oxygen atoms in total. The largest absolute Gasteiger partial charge is 0.298 e. The molecule has 0 aliphatic carbocycles. The number of carbonyl (C=O) groups excluding carboxylic acids is 1. The molecule has 0 atom stereocenters. The topological polar surface area (TPSA) is 20.3 Å². The molecule has 3 aromatic rings. The molecule has 0 bridgehead atoms. The minimum atomic E-state index is 0.236. The second-order valence-electron chi connectivity index (χ2n) is 6.53. The van der Waals surface area contributed by atoms with Crippen molar-refractivity contribution in [2.45, 2.75) is 33.2 Å². The lowest BCUT2D eigenvalue weighted by molar-refractivity contribution is 0.0961. The van der Waals surface area contributed by atoms with Crippen LogP contribution in [-0.4, -0.2) is 23.8 Å². The second-order valence-corrected chi connectivity index (χ2v) is 6.53. The van der Waals surface area contributed by atoms with Gasteiger partial charge in [-0.3, -0.25) is 9.69 Å². The monoisotopic (exact) mass is 345 g/mol. The predicted molar refractivity (Wildman–Crippen MR) is 110 cm³/mol. The van der Waals surface area contributed by atoms with Gasteiger partial charge in [-0.05, 0) is 34.4 Å². The molecule has 0 spiro atoms. The highest BCUT2D eigenvalue weighted by Gasteiger charge is 2.16. The van der Waals surface area contributed by atoms with E-state index < -0.39 is 0 Å². The summed E-state index contributed by atoms with van der Waals surface area (Å²) in [5.41, 5.74) is 3.68. The Morgan fingerprint density at radius 2 is 1.58 bits per heavy atom. The van der Waals surface area contributed by atoms with Crippen molar-refractivity contribution in [3.05, 3.63) is 83.4 Å². The average Bonchev–Trinajstić information content (AvgIpc) is 2.73. The molecule has 0 saturated heterocycles. The Hall–Kier alpha value is -2.45. The minimum absolute atomic E-state index is 0.236. The number of fused-ring (bicyclic) bond motifs is 2. The quantitative estimate of drug-likeness (QED) is 0.582. The predicted octanol–water partition coefficient (Wildman–Crippen LogP) is 5.50. The van der Waals surface area contributed by atoms with Crippen LogP contribution in [0.1, 0.15) is 41.8 Å². The van der Waals surface area contributed by atoms with Crippen molar-refractivity contribution in [1.82, 2.24) is 4.90 Å². The van der Waals surface area contributed by atoms with E-state index in [1.807, 2.05) is 44.2 Å². The highest BCUT2D eigenvalue weighted by molar-refractivity contribution is 6.00. The molecule has 0 radical (unpaired) electrons. The molecular weight excluding hydrogens is 318 g/mol. The maximum atomic E-state index is 12.5. The lowest BCUT2D eigenvalue weighted by Crippen LogP contribution is -2.32. The van der Waals surface area contributed by atoms with Gasteiger partial charge in [-0.25, -0.2) is 0 Å². The van der Waals surface area contributed by atoms with Gasteiger partial charge in [0.2, 0.25) is 0 Å². The van der Waals surface area contributed by atoms with Crippen LogP contribution in [0.4, 0.5) is 0 Å². The SMILES string of the molecule is CC.O=C(CCN1CCc2ccccc2C1)c1ccc2ccccc2c1. The lowest BCUT2D eigenvalue weighted by Gasteiger charge is -2.28. The molecule has 2 heteroatoms. The van der Waals surface area contributed by atoms with E-state index in [0.717, 1.165) is 37.0 Å². The second kappa shape index (κ2) is 8.77. The van der Waals surface area contributed by atoms with Crippen molar-refractivity contribution < 1.29 is 4.79 Å².